The second-order valence-electron chi connectivity index (χ2n) is 4.47. The number of fused-ring (bicyclic) bond motifs is 1. The largest absolute Gasteiger partial charge is 0.376 e. The summed E-state index contributed by atoms with van der Waals surface area (Å²) in [6.45, 7) is 1.36. The van der Waals surface area contributed by atoms with Gasteiger partial charge in [-0.2, -0.15) is 5.10 Å². The molecule has 0 radical (unpaired) electrons. The fraction of sp³-hybridized carbons (Fsp3) is 0.188. The highest BCUT2D eigenvalue weighted by Gasteiger charge is 2.00. The molecule has 0 aliphatic rings. The summed E-state index contributed by atoms with van der Waals surface area (Å²) in [5, 5.41) is 4.32. The standard InChI is InChI=1S/C16H16N2O/c1-2-5-14(6-3-1)13-19-12-10-16-8-4-7-15-9-11-17-18(15)16/h1-9,11H,10,12-13H2. The van der Waals surface area contributed by atoms with E-state index >= 15 is 0 Å². The van der Waals surface area contributed by atoms with Crippen molar-refractivity contribution in [3.63, 3.8) is 0 Å². The second-order valence-corrected chi connectivity index (χ2v) is 4.47. The van der Waals surface area contributed by atoms with Crippen molar-refractivity contribution in [1.82, 2.24) is 9.61 Å². The molecule has 0 unspecified atom stereocenters. The first-order valence-corrected chi connectivity index (χ1v) is 6.47. The fourth-order valence-electron chi connectivity index (χ4n) is 2.14. The Morgan fingerprint density at radius 3 is 2.74 bits per heavy atom. The average molecular weight is 252 g/mol. The Morgan fingerprint density at radius 2 is 1.84 bits per heavy atom. The molecule has 0 bridgehead atoms. The molecule has 3 heteroatoms. The van der Waals surface area contributed by atoms with Crippen LogP contribution in [0.25, 0.3) is 5.52 Å². The topological polar surface area (TPSA) is 26.5 Å². The van der Waals surface area contributed by atoms with Gasteiger partial charge in [-0.15, -0.1) is 0 Å². The Hall–Kier alpha value is -2.13. The van der Waals surface area contributed by atoms with Crippen LogP contribution in [0, 0.1) is 0 Å². The van der Waals surface area contributed by atoms with Crippen molar-refractivity contribution in [2.75, 3.05) is 6.61 Å². The molecule has 0 saturated heterocycles. The lowest BCUT2D eigenvalue weighted by Gasteiger charge is -2.06. The smallest absolute Gasteiger partial charge is 0.0717 e. The molecule has 0 saturated carbocycles. The Morgan fingerprint density at radius 1 is 0.947 bits per heavy atom. The van der Waals surface area contributed by atoms with Crippen LogP contribution in [-0.4, -0.2) is 16.2 Å². The van der Waals surface area contributed by atoms with Crippen molar-refractivity contribution in [3.05, 3.63) is 72.1 Å². The summed E-state index contributed by atoms with van der Waals surface area (Å²) in [7, 11) is 0. The molecule has 3 rings (SSSR count). The van der Waals surface area contributed by atoms with E-state index in [0.717, 1.165) is 11.9 Å². The van der Waals surface area contributed by atoms with Crippen LogP contribution in [0.15, 0.2) is 60.8 Å². The van der Waals surface area contributed by atoms with E-state index in [1.807, 2.05) is 35.0 Å². The third kappa shape index (κ3) is 2.83. The highest BCUT2D eigenvalue weighted by atomic mass is 16.5. The summed E-state index contributed by atoms with van der Waals surface area (Å²) in [6.07, 6.45) is 2.69. The van der Waals surface area contributed by atoms with Gasteiger partial charge in [0.1, 0.15) is 0 Å². The summed E-state index contributed by atoms with van der Waals surface area (Å²) in [5.74, 6) is 0. The third-order valence-electron chi connectivity index (χ3n) is 3.11. The van der Waals surface area contributed by atoms with Crippen molar-refractivity contribution < 1.29 is 4.74 Å². The van der Waals surface area contributed by atoms with E-state index in [1.165, 1.54) is 11.3 Å². The lowest BCUT2D eigenvalue weighted by atomic mass is 10.2. The van der Waals surface area contributed by atoms with Gasteiger partial charge in [-0.05, 0) is 23.8 Å². The average Bonchev–Trinajstić information content (AvgIpc) is 2.94. The van der Waals surface area contributed by atoms with Crippen molar-refractivity contribution in [3.8, 4) is 0 Å². The van der Waals surface area contributed by atoms with E-state index in [-0.39, 0.29) is 0 Å². The molecule has 0 aliphatic heterocycles. The summed E-state index contributed by atoms with van der Waals surface area (Å²) >= 11 is 0. The number of pyridine rings is 1. The minimum Gasteiger partial charge on any atom is -0.376 e. The van der Waals surface area contributed by atoms with Gasteiger partial charge in [0.25, 0.3) is 0 Å². The predicted octanol–water partition coefficient (Wildman–Crippen LogP) is 3.09. The Labute approximate surface area is 112 Å². The van der Waals surface area contributed by atoms with Crippen LogP contribution in [0.2, 0.25) is 0 Å². The molecule has 3 aromatic rings. The quantitative estimate of drug-likeness (QED) is 0.652. The molecule has 1 aromatic carbocycles. The number of aromatic nitrogens is 2. The van der Waals surface area contributed by atoms with E-state index in [4.69, 9.17) is 4.74 Å². The Bertz CT molecular complexity index is 646. The van der Waals surface area contributed by atoms with E-state index in [0.29, 0.717) is 13.2 Å². The SMILES string of the molecule is c1ccc(COCCc2cccc3ccnn23)cc1. The highest BCUT2D eigenvalue weighted by molar-refractivity contribution is 5.46. The maximum absolute atomic E-state index is 5.71. The second kappa shape index (κ2) is 5.67. The molecule has 2 heterocycles. The molecule has 0 spiro atoms. The molecule has 2 aromatic heterocycles. The first kappa shape index (κ1) is 11.9. The maximum Gasteiger partial charge on any atom is 0.0717 e. The van der Waals surface area contributed by atoms with Gasteiger partial charge in [0.15, 0.2) is 0 Å². The van der Waals surface area contributed by atoms with Gasteiger partial charge in [0.2, 0.25) is 0 Å². The maximum atomic E-state index is 5.71. The number of hydrogen-bond donors (Lipinski definition) is 0. The van der Waals surface area contributed by atoms with Gasteiger partial charge in [0, 0.05) is 18.3 Å². The van der Waals surface area contributed by atoms with Crippen LogP contribution < -0.4 is 0 Å². The van der Waals surface area contributed by atoms with Crippen LogP contribution in [0.1, 0.15) is 11.3 Å². The summed E-state index contributed by atoms with van der Waals surface area (Å²) in [5.41, 5.74) is 3.51. The highest BCUT2D eigenvalue weighted by Crippen LogP contribution is 2.07. The lowest BCUT2D eigenvalue weighted by Crippen LogP contribution is -2.04. The lowest BCUT2D eigenvalue weighted by molar-refractivity contribution is 0.123. The van der Waals surface area contributed by atoms with Crippen molar-refractivity contribution in [2.45, 2.75) is 13.0 Å². The van der Waals surface area contributed by atoms with E-state index < -0.39 is 0 Å². The zero-order chi connectivity index (χ0) is 12.9. The first-order chi connectivity index (χ1) is 9.43. The summed E-state index contributed by atoms with van der Waals surface area (Å²) < 4.78 is 7.67. The number of rotatable bonds is 5. The van der Waals surface area contributed by atoms with Crippen LogP contribution in [0.4, 0.5) is 0 Å². The zero-order valence-corrected chi connectivity index (χ0v) is 10.7. The van der Waals surface area contributed by atoms with Gasteiger partial charge >= 0.3 is 0 Å². The molecule has 96 valence electrons. The van der Waals surface area contributed by atoms with E-state index in [1.54, 1.807) is 0 Å². The minimum absolute atomic E-state index is 0.663. The van der Waals surface area contributed by atoms with Crippen molar-refractivity contribution >= 4 is 5.52 Å². The Kier molecular flexibility index (Phi) is 3.56. The van der Waals surface area contributed by atoms with Gasteiger partial charge < -0.3 is 4.74 Å². The van der Waals surface area contributed by atoms with Crippen LogP contribution >= 0.6 is 0 Å². The molecule has 0 fully saturated rings. The van der Waals surface area contributed by atoms with E-state index in [2.05, 4.69) is 35.4 Å². The minimum atomic E-state index is 0.663. The van der Waals surface area contributed by atoms with Gasteiger partial charge in [0.05, 0.1) is 18.7 Å². The molecular weight excluding hydrogens is 236 g/mol. The molecule has 0 N–H and O–H groups in total. The number of hydrogen-bond acceptors (Lipinski definition) is 2. The number of nitrogens with zero attached hydrogens (tertiary/aromatic N) is 2. The van der Waals surface area contributed by atoms with E-state index in [9.17, 15) is 0 Å². The summed E-state index contributed by atoms with van der Waals surface area (Å²) in [4.78, 5) is 0. The van der Waals surface area contributed by atoms with Crippen LogP contribution in [0.5, 0.6) is 0 Å². The monoisotopic (exact) mass is 252 g/mol. The van der Waals surface area contributed by atoms with Gasteiger partial charge in [-0.3, -0.25) is 0 Å². The van der Waals surface area contributed by atoms with Gasteiger partial charge in [-0.1, -0.05) is 36.4 Å². The summed E-state index contributed by atoms with van der Waals surface area (Å²) in [6, 6.07) is 18.4. The van der Waals surface area contributed by atoms with Crippen molar-refractivity contribution in [2.24, 2.45) is 0 Å². The molecule has 0 aliphatic carbocycles. The third-order valence-corrected chi connectivity index (χ3v) is 3.11. The number of benzene rings is 1. The van der Waals surface area contributed by atoms with Crippen LogP contribution in [-0.2, 0) is 17.8 Å². The first-order valence-electron chi connectivity index (χ1n) is 6.47. The normalized spacial score (nSPS) is 10.9. The predicted molar refractivity (Wildman–Crippen MR) is 75.0 cm³/mol. The molecule has 0 amide bonds. The Balaban J connectivity index is 1.57. The zero-order valence-electron chi connectivity index (χ0n) is 10.7. The number of ether oxygens (including phenoxy) is 1. The molecular formula is C16H16N2O. The fourth-order valence-corrected chi connectivity index (χ4v) is 2.14. The van der Waals surface area contributed by atoms with Crippen LogP contribution in [0.3, 0.4) is 0 Å². The molecule has 3 nitrogen and oxygen atoms in total. The molecule has 19 heavy (non-hydrogen) atoms. The van der Waals surface area contributed by atoms with Gasteiger partial charge in [-0.25, -0.2) is 4.52 Å². The molecule has 0 atom stereocenters. The van der Waals surface area contributed by atoms with Crippen molar-refractivity contribution in [1.29, 1.82) is 0 Å².